The largest absolute Gasteiger partial charge is 0.493 e. The number of hydrogen-bond donors (Lipinski definition) is 0. The molecule has 3 aromatic carbocycles. The zero-order chi connectivity index (χ0) is 23.9. The summed E-state index contributed by atoms with van der Waals surface area (Å²) in [6.07, 6.45) is 0. The summed E-state index contributed by atoms with van der Waals surface area (Å²) in [7, 11) is 1.58. The number of piperazine rings is 1. The van der Waals surface area contributed by atoms with E-state index in [1.54, 1.807) is 25.3 Å². The maximum absolute atomic E-state index is 13.2. The lowest BCUT2D eigenvalue weighted by Gasteiger charge is -2.36. The minimum Gasteiger partial charge on any atom is -0.493 e. The van der Waals surface area contributed by atoms with Crippen LogP contribution in [0.25, 0.3) is 0 Å². The Hall–Kier alpha value is -3.38. The fraction of sp³-hybridized carbons (Fsp3) is 0.296. The highest BCUT2D eigenvalue weighted by Crippen LogP contribution is 2.31. The first-order chi connectivity index (χ1) is 16.6. The van der Waals surface area contributed by atoms with Crippen LogP contribution in [0.2, 0.25) is 5.02 Å². The van der Waals surface area contributed by atoms with Crippen LogP contribution in [0.3, 0.4) is 0 Å². The highest BCUT2D eigenvalue weighted by molar-refractivity contribution is 6.30. The summed E-state index contributed by atoms with van der Waals surface area (Å²) in [5.41, 5.74) is 2.65. The number of hydrogen-bond acceptors (Lipinski definition) is 5. The molecule has 1 saturated heterocycles. The van der Waals surface area contributed by atoms with E-state index in [-0.39, 0.29) is 5.91 Å². The Labute approximate surface area is 205 Å². The number of ether oxygens (including phenoxy) is 3. The van der Waals surface area contributed by atoms with Gasteiger partial charge in [-0.2, -0.15) is 0 Å². The lowest BCUT2D eigenvalue weighted by Crippen LogP contribution is -2.48. The summed E-state index contributed by atoms with van der Waals surface area (Å²) >= 11 is 5.94. The van der Waals surface area contributed by atoms with Gasteiger partial charge in [0.15, 0.2) is 11.5 Å². The van der Waals surface area contributed by atoms with E-state index in [4.69, 9.17) is 25.8 Å². The van der Waals surface area contributed by atoms with Crippen molar-refractivity contribution in [3.63, 3.8) is 0 Å². The van der Waals surface area contributed by atoms with Crippen LogP contribution in [-0.4, -0.2) is 50.7 Å². The second kappa shape index (κ2) is 11.2. The van der Waals surface area contributed by atoms with E-state index in [1.807, 2.05) is 54.3 Å². The van der Waals surface area contributed by atoms with Crippen molar-refractivity contribution in [2.45, 2.75) is 13.5 Å². The summed E-state index contributed by atoms with van der Waals surface area (Å²) in [5.74, 6) is 1.99. The molecule has 0 atom stereocenters. The number of rotatable bonds is 8. The Morgan fingerprint density at radius 1 is 0.882 bits per heavy atom. The van der Waals surface area contributed by atoms with E-state index in [9.17, 15) is 4.79 Å². The number of nitrogens with zero attached hydrogens (tertiary/aromatic N) is 2. The average Bonchev–Trinajstić information content (AvgIpc) is 2.88. The molecule has 0 unspecified atom stereocenters. The van der Waals surface area contributed by atoms with Gasteiger partial charge in [0, 0.05) is 36.8 Å². The van der Waals surface area contributed by atoms with Gasteiger partial charge in [-0.3, -0.25) is 4.79 Å². The number of anilines is 1. The molecule has 0 bridgehead atoms. The first kappa shape index (κ1) is 23.8. The topological polar surface area (TPSA) is 51.2 Å². The molecule has 0 aliphatic carbocycles. The molecule has 6 nitrogen and oxygen atoms in total. The summed E-state index contributed by atoms with van der Waals surface area (Å²) < 4.78 is 17.2. The Kier molecular flexibility index (Phi) is 7.80. The van der Waals surface area contributed by atoms with Gasteiger partial charge in [-0.05, 0) is 55.0 Å². The van der Waals surface area contributed by atoms with Crippen LogP contribution in [0.4, 0.5) is 5.69 Å². The number of benzene rings is 3. The van der Waals surface area contributed by atoms with E-state index < -0.39 is 0 Å². The maximum atomic E-state index is 13.2. The summed E-state index contributed by atoms with van der Waals surface area (Å²) in [5, 5.41) is 0.684. The highest BCUT2D eigenvalue weighted by atomic mass is 35.5. The fourth-order valence-corrected chi connectivity index (χ4v) is 4.12. The molecule has 1 aliphatic rings. The summed E-state index contributed by atoms with van der Waals surface area (Å²) in [6.45, 7) is 5.75. The van der Waals surface area contributed by atoms with Gasteiger partial charge in [-0.15, -0.1) is 0 Å². The second-order valence-corrected chi connectivity index (χ2v) is 8.40. The van der Waals surface area contributed by atoms with Crippen LogP contribution in [-0.2, 0) is 6.61 Å². The number of carbonyl (C=O) groups excluding carboxylic acids is 1. The van der Waals surface area contributed by atoms with Crippen molar-refractivity contribution in [2.24, 2.45) is 0 Å². The Balaban J connectivity index is 1.39. The van der Waals surface area contributed by atoms with E-state index in [0.717, 1.165) is 30.1 Å². The predicted octanol–water partition coefficient (Wildman–Crippen LogP) is 5.29. The smallest absolute Gasteiger partial charge is 0.254 e. The third-order valence-electron chi connectivity index (χ3n) is 5.79. The van der Waals surface area contributed by atoms with Crippen LogP contribution < -0.4 is 19.1 Å². The third-order valence-corrected chi connectivity index (χ3v) is 6.04. The van der Waals surface area contributed by atoms with Crippen LogP contribution >= 0.6 is 11.6 Å². The highest BCUT2D eigenvalue weighted by Gasteiger charge is 2.24. The zero-order valence-electron chi connectivity index (χ0n) is 19.5. The minimum atomic E-state index is -0.0136. The summed E-state index contributed by atoms with van der Waals surface area (Å²) in [4.78, 5) is 17.3. The van der Waals surface area contributed by atoms with Crippen molar-refractivity contribution in [3.8, 4) is 17.2 Å². The fourth-order valence-electron chi connectivity index (χ4n) is 3.99. The van der Waals surface area contributed by atoms with Gasteiger partial charge in [0.1, 0.15) is 12.4 Å². The molecule has 0 spiro atoms. The molecule has 34 heavy (non-hydrogen) atoms. The number of para-hydroxylation sites is 2. The van der Waals surface area contributed by atoms with Crippen molar-refractivity contribution in [2.75, 3.05) is 44.8 Å². The van der Waals surface area contributed by atoms with Gasteiger partial charge < -0.3 is 24.0 Å². The Morgan fingerprint density at radius 3 is 2.32 bits per heavy atom. The molecule has 4 rings (SSSR count). The van der Waals surface area contributed by atoms with Gasteiger partial charge >= 0.3 is 0 Å². The van der Waals surface area contributed by atoms with Crippen molar-refractivity contribution in [3.05, 3.63) is 82.9 Å². The number of amides is 1. The quantitative estimate of drug-likeness (QED) is 0.438. The number of methoxy groups -OCH3 is 1. The van der Waals surface area contributed by atoms with Gasteiger partial charge in [-0.25, -0.2) is 0 Å². The van der Waals surface area contributed by atoms with Crippen LogP contribution in [0.15, 0.2) is 66.7 Å². The summed E-state index contributed by atoms with van der Waals surface area (Å²) in [6, 6.07) is 20.9. The van der Waals surface area contributed by atoms with Crippen LogP contribution in [0, 0.1) is 0 Å². The van der Waals surface area contributed by atoms with Crippen LogP contribution in [0.1, 0.15) is 22.8 Å². The predicted molar refractivity (Wildman–Crippen MR) is 135 cm³/mol. The SMILES string of the molecule is CCOc1ccccc1N1CCN(C(=O)c2ccc(OCc3ccc(Cl)cc3)c(OC)c2)CC1. The third kappa shape index (κ3) is 5.57. The monoisotopic (exact) mass is 480 g/mol. The second-order valence-electron chi connectivity index (χ2n) is 7.96. The molecule has 0 N–H and O–H groups in total. The molecule has 0 aromatic heterocycles. The van der Waals surface area contributed by atoms with Crippen molar-refractivity contribution in [1.29, 1.82) is 0 Å². The normalized spacial score (nSPS) is 13.5. The van der Waals surface area contributed by atoms with E-state index in [0.29, 0.717) is 48.4 Å². The van der Waals surface area contributed by atoms with E-state index in [1.165, 1.54) is 0 Å². The van der Waals surface area contributed by atoms with Gasteiger partial charge in [-0.1, -0.05) is 35.9 Å². The van der Waals surface area contributed by atoms with Gasteiger partial charge in [0.2, 0.25) is 0 Å². The zero-order valence-corrected chi connectivity index (χ0v) is 20.3. The van der Waals surface area contributed by atoms with Crippen molar-refractivity contribution >= 4 is 23.2 Å². The molecule has 3 aromatic rings. The molecule has 7 heteroatoms. The first-order valence-corrected chi connectivity index (χ1v) is 11.8. The van der Waals surface area contributed by atoms with Crippen LogP contribution in [0.5, 0.6) is 17.2 Å². The van der Waals surface area contributed by atoms with Crippen molar-refractivity contribution < 1.29 is 19.0 Å². The Morgan fingerprint density at radius 2 is 1.62 bits per heavy atom. The number of halogens is 1. The molecular weight excluding hydrogens is 452 g/mol. The molecular formula is C27H29ClN2O4. The van der Waals surface area contributed by atoms with E-state index >= 15 is 0 Å². The molecule has 1 aliphatic heterocycles. The van der Waals surface area contributed by atoms with Crippen molar-refractivity contribution in [1.82, 2.24) is 4.90 Å². The average molecular weight is 481 g/mol. The molecule has 1 amide bonds. The van der Waals surface area contributed by atoms with Gasteiger partial charge in [0.25, 0.3) is 5.91 Å². The lowest BCUT2D eigenvalue weighted by molar-refractivity contribution is 0.0746. The lowest BCUT2D eigenvalue weighted by atomic mass is 10.1. The minimum absolute atomic E-state index is 0.0136. The molecule has 1 fully saturated rings. The standard InChI is InChI=1S/C27H29ClN2O4/c1-3-33-24-7-5-4-6-23(24)29-14-16-30(17-15-29)27(31)21-10-13-25(26(18-21)32-2)34-19-20-8-11-22(28)12-9-20/h4-13,18H,3,14-17,19H2,1-2H3. The number of carbonyl (C=O) groups is 1. The molecule has 0 radical (unpaired) electrons. The molecule has 0 saturated carbocycles. The first-order valence-electron chi connectivity index (χ1n) is 11.4. The molecule has 178 valence electrons. The van der Waals surface area contributed by atoms with Gasteiger partial charge in [0.05, 0.1) is 19.4 Å². The van der Waals surface area contributed by atoms with E-state index in [2.05, 4.69) is 11.0 Å². The molecule has 1 heterocycles. The Bertz CT molecular complexity index is 1110. The maximum Gasteiger partial charge on any atom is 0.254 e.